The molecule has 0 bridgehead atoms. The maximum absolute atomic E-state index is 11.6. The fourth-order valence-electron chi connectivity index (χ4n) is 4.22. The predicted octanol–water partition coefficient (Wildman–Crippen LogP) is 5.14. The van der Waals surface area contributed by atoms with Crippen LogP contribution < -0.4 is 0 Å². The minimum Gasteiger partial charge on any atom is -0.441 e. The van der Waals surface area contributed by atoms with Crippen LogP contribution in [0, 0.1) is 6.92 Å². The van der Waals surface area contributed by atoms with E-state index in [4.69, 9.17) is 9.40 Å². The van der Waals surface area contributed by atoms with Crippen LogP contribution in [0.3, 0.4) is 0 Å². The number of benzene rings is 2. The van der Waals surface area contributed by atoms with Crippen LogP contribution in [0.1, 0.15) is 37.6 Å². The molecule has 6 heteroatoms. The Bertz CT molecular complexity index is 1130. The van der Waals surface area contributed by atoms with Gasteiger partial charge in [0.05, 0.1) is 10.6 Å². The van der Waals surface area contributed by atoms with E-state index < -0.39 is 9.84 Å². The number of aryl methyl sites for hydroxylation is 1. The van der Waals surface area contributed by atoms with E-state index in [1.807, 2.05) is 43.3 Å². The Balaban J connectivity index is 1.46. The molecule has 0 radical (unpaired) electrons. The van der Waals surface area contributed by atoms with Gasteiger partial charge in [0, 0.05) is 30.8 Å². The van der Waals surface area contributed by atoms with Gasteiger partial charge in [0.25, 0.3) is 0 Å². The van der Waals surface area contributed by atoms with Crippen LogP contribution in [-0.2, 0) is 16.3 Å². The summed E-state index contributed by atoms with van der Waals surface area (Å²) in [4.78, 5) is 7.66. The fraction of sp³-hybridized carbons (Fsp3) is 0.400. The van der Waals surface area contributed by atoms with Crippen molar-refractivity contribution in [3.05, 3.63) is 60.0 Å². The van der Waals surface area contributed by atoms with Gasteiger partial charge in [0.1, 0.15) is 5.76 Å². The second-order valence-electron chi connectivity index (χ2n) is 8.53. The van der Waals surface area contributed by atoms with Crippen molar-refractivity contribution < 1.29 is 12.8 Å². The number of hydrogen-bond donors (Lipinski definition) is 0. The second-order valence-corrected chi connectivity index (χ2v) is 10.5. The topological polar surface area (TPSA) is 63.4 Å². The maximum Gasteiger partial charge on any atom is 0.226 e. The molecule has 1 aliphatic rings. The maximum atomic E-state index is 11.6. The molecule has 0 aliphatic carbocycles. The van der Waals surface area contributed by atoms with Crippen molar-refractivity contribution in [3.8, 4) is 22.6 Å². The van der Waals surface area contributed by atoms with Gasteiger partial charge in [-0.25, -0.2) is 13.4 Å². The summed E-state index contributed by atoms with van der Waals surface area (Å²) in [6.45, 7) is 6.51. The van der Waals surface area contributed by atoms with Crippen molar-refractivity contribution >= 4 is 9.84 Å². The highest BCUT2D eigenvalue weighted by Gasteiger charge is 2.19. The lowest BCUT2D eigenvalue weighted by Crippen LogP contribution is -2.38. The largest absolute Gasteiger partial charge is 0.441 e. The first-order valence-corrected chi connectivity index (χ1v) is 12.8. The summed E-state index contributed by atoms with van der Waals surface area (Å²) < 4.78 is 29.3. The third-order valence-corrected chi connectivity index (χ3v) is 7.35. The molecule has 0 saturated carbocycles. The zero-order valence-electron chi connectivity index (χ0n) is 18.5. The first-order chi connectivity index (χ1) is 14.8. The molecule has 3 aromatic rings. The molecular formula is C25H30N2O3S. The third-order valence-electron chi connectivity index (χ3n) is 6.22. The summed E-state index contributed by atoms with van der Waals surface area (Å²) in [5.41, 5.74) is 3.97. The second kappa shape index (κ2) is 8.97. The molecule has 5 nitrogen and oxygen atoms in total. The van der Waals surface area contributed by atoms with E-state index in [2.05, 4.69) is 11.8 Å². The smallest absolute Gasteiger partial charge is 0.226 e. The zero-order chi connectivity index (χ0) is 22.0. The first-order valence-electron chi connectivity index (χ1n) is 10.9. The Morgan fingerprint density at radius 1 is 1.00 bits per heavy atom. The minimum absolute atomic E-state index is 0.328. The lowest BCUT2D eigenvalue weighted by molar-refractivity contribution is 0.162. The Morgan fingerprint density at radius 3 is 2.23 bits per heavy atom. The lowest BCUT2D eigenvalue weighted by Gasteiger charge is -2.33. The van der Waals surface area contributed by atoms with Crippen molar-refractivity contribution in [1.82, 2.24) is 9.88 Å². The van der Waals surface area contributed by atoms with Crippen molar-refractivity contribution in [2.24, 2.45) is 0 Å². The molecule has 2 heterocycles. The number of piperidine rings is 1. The summed E-state index contributed by atoms with van der Waals surface area (Å²) in [7, 11) is -3.19. The molecule has 1 atom stereocenters. The van der Waals surface area contributed by atoms with Gasteiger partial charge in [0.15, 0.2) is 9.84 Å². The Morgan fingerprint density at radius 2 is 1.61 bits per heavy atom. The molecule has 1 fully saturated rings. The van der Waals surface area contributed by atoms with Gasteiger partial charge in [0.2, 0.25) is 5.89 Å². The quantitative estimate of drug-likeness (QED) is 0.533. The summed E-state index contributed by atoms with van der Waals surface area (Å²) in [5.74, 6) is 1.54. The molecule has 2 aromatic carbocycles. The van der Waals surface area contributed by atoms with Crippen molar-refractivity contribution in [2.45, 2.75) is 50.5 Å². The summed E-state index contributed by atoms with van der Waals surface area (Å²) in [5, 5.41) is 0. The molecule has 0 N–H and O–H groups in total. The van der Waals surface area contributed by atoms with Crippen LogP contribution in [0.25, 0.3) is 22.6 Å². The number of oxazole rings is 1. The number of hydrogen-bond acceptors (Lipinski definition) is 5. The Hall–Kier alpha value is -2.44. The fourth-order valence-corrected chi connectivity index (χ4v) is 4.85. The summed E-state index contributed by atoms with van der Waals surface area (Å²) >= 11 is 0. The van der Waals surface area contributed by atoms with E-state index in [0.29, 0.717) is 16.8 Å². The molecular weight excluding hydrogens is 408 g/mol. The standard InChI is InChI=1S/C25H30N2O3S/c1-18-6-4-5-16-27(18)17-15-24-19(2)30-25(26-24)22-9-7-20(8-10-22)21-11-13-23(14-12-21)31(3,28)29/h7-14,18H,4-6,15-17H2,1-3H3. The molecule has 0 spiro atoms. The summed E-state index contributed by atoms with van der Waals surface area (Å²) in [6.07, 6.45) is 6.03. The van der Waals surface area contributed by atoms with Crippen LogP contribution in [0.5, 0.6) is 0 Å². The van der Waals surface area contributed by atoms with Crippen molar-refractivity contribution in [1.29, 1.82) is 0 Å². The number of sulfone groups is 1. The van der Waals surface area contributed by atoms with Gasteiger partial charge in [-0.1, -0.05) is 30.7 Å². The van der Waals surface area contributed by atoms with Crippen LogP contribution in [-0.4, -0.2) is 43.7 Å². The van der Waals surface area contributed by atoms with Gasteiger partial charge in [-0.05, 0) is 68.6 Å². The highest BCUT2D eigenvalue weighted by Crippen LogP contribution is 2.27. The number of aromatic nitrogens is 1. The van der Waals surface area contributed by atoms with Gasteiger partial charge < -0.3 is 9.32 Å². The lowest BCUT2D eigenvalue weighted by atomic mass is 10.0. The monoisotopic (exact) mass is 438 g/mol. The molecule has 1 unspecified atom stereocenters. The van der Waals surface area contributed by atoms with Gasteiger partial charge in [-0.2, -0.15) is 0 Å². The predicted molar refractivity (Wildman–Crippen MR) is 124 cm³/mol. The molecule has 4 rings (SSSR count). The van der Waals surface area contributed by atoms with Crippen LogP contribution in [0.2, 0.25) is 0 Å². The molecule has 0 amide bonds. The molecule has 31 heavy (non-hydrogen) atoms. The van der Waals surface area contributed by atoms with Crippen LogP contribution in [0.4, 0.5) is 0 Å². The zero-order valence-corrected chi connectivity index (χ0v) is 19.3. The molecule has 1 saturated heterocycles. The highest BCUT2D eigenvalue weighted by atomic mass is 32.2. The molecule has 1 aliphatic heterocycles. The molecule has 164 valence electrons. The SMILES string of the molecule is Cc1oc(-c2ccc(-c3ccc(S(C)(=O)=O)cc3)cc2)nc1CCN1CCCCC1C. The van der Waals surface area contributed by atoms with E-state index in [1.165, 1.54) is 32.1 Å². The van der Waals surface area contributed by atoms with E-state index in [1.54, 1.807) is 12.1 Å². The van der Waals surface area contributed by atoms with Crippen LogP contribution >= 0.6 is 0 Å². The van der Waals surface area contributed by atoms with Crippen molar-refractivity contribution in [3.63, 3.8) is 0 Å². The first kappa shape index (κ1) is 21.8. The van der Waals surface area contributed by atoms with E-state index in [-0.39, 0.29) is 0 Å². The molecule has 1 aromatic heterocycles. The highest BCUT2D eigenvalue weighted by molar-refractivity contribution is 7.90. The van der Waals surface area contributed by atoms with E-state index in [0.717, 1.165) is 41.1 Å². The summed E-state index contributed by atoms with van der Waals surface area (Å²) in [6, 6.07) is 15.6. The van der Waals surface area contributed by atoms with Gasteiger partial charge >= 0.3 is 0 Å². The number of rotatable bonds is 6. The minimum atomic E-state index is -3.19. The number of likely N-dealkylation sites (tertiary alicyclic amines) is 1. The normalized spacial score (nSPS) is 17.7. The average molecular weight is 439 g/mol. The van der Waals surface area contributed by atoms with E-state index in [9.17, 15) is 8.42 Å². The van der Waals surface area contributed by atoms with Crippen LogP contribution in [0.15, 0.2) is 57.8 Å². The van der Waals surface area contributed by atoms with Gasteiger partial charge in [-0.15, -0.1) is 0 Å². The third kappa shape index (κ3) is 5.08. The Kier molecular flexibility index (Phi) is 6.30. The Labute approximate surface area is 185 Å². The van der Waals surface area contributed by atoms with Crippen molar-refractivity contribution in [2.75, 3.05) is 19.3 Å². The van der Waals surface area contributed by atoms with Gasteiger partial charge in [-0.3, -0.25) is 0 Å². The van der Waals surface area contributed by atoms with E-state index >= 15 is 0 Å². The number of nitrogens with zero attached hydrogens (tertiary/aromatic N) is 2. The average Bonchev–Trinajstić information content (AvgIpc) is 3.13.